The van der Waals surface area contributed by atoms with Crippen LogP contribution in [0.4, 0.5) is 0 Å². The van der Waals surface area contributed by atoms with Crippen LogP contribution in [0.2, 0.25) is 0 Å². The number of amides is 1. The fraction of sp³-hybridized carbons (Fsp3) is 0.923. The van der Waals surface area contributed by atoms with Gasteiger partial charge in [0.2, 0.25) is 5.91 Å². The molecule has 1 aliphatic heterocycles. The zero-order valence-corrected chi connectivity index (χ0v) is 12.5. The lowest BCUT2D eigenvalue weighted by molar-refractivity contribution is -0.123. The Morgan fingerprint density at radius 1 is 1.21 bits per heavy atom. The van der Waals surface area contributed by atoms with Gasteiger partial charge in [-0.15, -0.1) is 23.2 Å². The molecule has 1 saturated carbocycles. The molecule has 1 aliphatic carbocycles. The molecule has 110 valence electrons. The van der Waals surface area contributed by atoms with Gasteiger partial charge in [-0.3, -0.25) is 4.79 Å². The van der Waals surface area contributed by atoms with Crippen molar-refractivity contribution in [2.75, 3.05) is 19.6 Å². The van der Waals surface area contributed by atoms with Crippen molar-refractivity contribution in [2.45, 2.75) is 42.5 Å². The highest BCUT2D eigenvalue weighted by atomic mass is 35.5. The smallest absolute Gasteiger partial charge is 0.220 e. The number of aliphatic hydroxyl groups is 1. The molecule has 1 heterocycles. The summed E-state index contributed by atoms with van der Waals surface area (Å²) >= 11 is 12.3. The van der Waals surface area contributed by atoms with Crippen molar-refractivity contribution in [3.8, 4) is 0 Å². The van der Waals surface area contributed by atoms with Gasteiger partial charge in [-0.2, -0.15) is 0 Å². The molecule has 1 amide bonds. The summed E-state index contributed by atoms with van der Waals surface area (Å²) in [4.78, 5) is 13.4. The van der Waals surface area contributed by atoms with Crippen LogP contribution in [0, 0.1) is 11.8 Å². The Morgan fingerprint density at radius 3 is 2.37 bits per heavy atom. The first-order chi connectivity index (χ1) is 8.97. The van der Waals surface area contributed by atoms with Gasteiger partial charge in [0.05, 0.1) is 16.9 Å². The number of piperidine rings is 1. The van der Waals surface area contributed by atoms with Gasteiger partial charge >= 0.3 is 0 Å². The molecule has 0 bridgehead atoms. The van der Waals surface area contributed by atoms with Crippen LogP contribution in [0.25, 0.3) is 0 Å². The lowest BCUT2D eigenvalue weighted by Crippen LogP contribution is -2.46. The van der Waals surface area contributed by atoms with E-state index in [1.807, 2.05) is 0 Å². The molecule has 2 rings (SSSR count). The van der Waals surface area contributed by atoms with Gasteiger partial charge < -0.3 is 15.7 Å². The molecule has 1 saturated heterocycles. The molecule has 4 nitrogen and oxygen atoms in total. The summed E-state index contributed by atoms with van der Waals surface area (Å²) in [5.74, 6) is 0.00584. The van der Waals surface area contributed by atoms with Crippen molar-refractivity contribution >= 4 is 29.1 Å². The third kappa shape index (κ3) is 3.97. The van der Waals surface area contributed by atoms with Crippen LogP contribution in [0.1, 0.15) is 25.7 Å². The Bertz CT molecular complexity index is 322. The quantitative estimate of drug-likeness (QED) is 0.769. The Kier molecular flexibility index (Phi) is 5.35. The van der Waals surface area contributed by atoms with Crippen molar-refractivity contribution < 1.29 is 9.90 Å². The molecule has 2 fully saturated rings. The maximum absolute atomic E-state index is 11.1. The molecule has 19 heavy (non-hydrogen) atoms. The summed E-state index contributed by atoms with van der Waals surface area (Å²) in [6.45, 7) is 2.57. The molecule has 2 aliphatic rings. The zero-order chi connectivity index (χ0) is 14.0. The number of likely N-dealkylation sites (tertiary alicyclic amines) is 1. The third-order valence-electron chi connectivity index (χ3n) is 4.41. The van der Waals surface area contributed by atoms with Crippen LogP contribution in [0.15, 0.2) is 0 Å². The largest absolute Gasteiger partial charge is 0.393 e. The predicted molar refractivity (Wildman–Crippen MR) is 76.4 cm³/mol. The van der Waals surface area contributed by atoms with Gasteiger partial charge in [-0.25, -0.2) is 0 Å². The van der Waals surface area contributed by atoms with E-state index in [9.17, 15) is 9.90 Å². The summed E-state index contributed by atoms with van der Waals surface area (Å²) in [6.07, 6.45) is 2.60. The molecule has 0 radical (unpaired) electrons. The summed E-state index contributed by atoms with van der Waals surface area (Å²) in [5.41, 5.74) is 5.32. The van der Waals surface area contributed by atoms with E-state index in [2.05, 4.69) is 4.90 Å². The summed E-state index contributed by atoms with van der Waals surface area (Å²) in [6, 6.07) is 0. The van der Waals surface area contributed by atoms with Gasteiger partial charge in [-0.05, 0) is 44.7 Å². The fourth-order valence-electron chi connectivity index (χ4n) is 3.09. The Hall–Kier alpha value is -0.0300. The van der Waals surface area contributed by atoms with Crippen molar-refractivity contribution in [3.05, 3.63) is 0 Å². The van der Waals surface area contributed by atoms with E-state index in [1.54, 1.807) is 0 Å². The minimum absolute atomic E-state index is 0.0144. The van der Waals surface area contributed by atoms with Gasteiger partial charge in [-0.1, -0.05) is 0 Å². The molecule has 0 aromatic rings. The van der Waals surface area contributed by atoms with Gasteiger partial charge in [0, 0.05) is 12.5 Å². The van der Waals surface area contributed by atoms with Crippen LogP contribution in [0.3, 0.4) is 0 Å². The number of alkyl halides is 2. The minimum atomic E-state index is -0.369. The first-order valence-corrected chi connectivity index (χ1v) is 7.82. The molecule has 0 spiro atoms. The molecule has 0 aromatic carbocycles. The van der Waals surface area contributed by atoms with Gasteiger partial charge in [0.25, 0.3) is 0 Å². The lowest BCUT2D eigenvalue weighted by atomic mass is 9.84. The fourth-order valence-corrected chi connectivity index (χ4v) is 3.71. The van der Waals surface area contributed by atoms with Crippen LogP contribution < -0.4 is 5.73 Å². The first kappa shape index (κ1) is 15.4. The molecule has 4 atom stereocenters. The third-order valence-corrected chi connectivity index (χ3v) is 5.51. The van der Waals surface area contributed by atoms with E-state index in [1.165, 1.54) is 0 Å². The standard InChI is InChI=1S/C13H22Cl2N2O2/c14-10-5-9(12(18)6-11(10)15)7-17-3-1-8(2-4-17)13(16)19/h8-12,18H,1-7H2,(H2,16,19). The summed E-state index contributed by atoms with van der Waals surface area (Å²) < 4.78 is 0. The molecular weight excluding hydrogens is 287 g/mol. The monoisotopic (exact) mass is 308 g/mol. The number of hydrogen-bond donors (Lipinski definition) is 2. The average molecular weight is 309 g/mol. The second kappa shape index (κ2) is 6.61. The molecular formula is C13H22Cl2N2O2. The number of carbonyl (C=O) groups excluding carboxylic acids is 1. The van der Waals surface area contributed by atoms with Crippen LogP contribution in [0.5, 0.6) is 0 Å². The number of nitrogens with zero attached hydrogens (tertiary/aromatic N) is 1. The normalized spacial score (nSPS) is 38.3. The molecule has 0 aromatic heterocycles. The van der Waals surface area contributed by atoms with E-state index in [0.29, 0.717) is 6.42 Å². The number of primary amides is 1. The number of carbonyl (C=O) groups is 1. The Labute approximate surface area is 124 Å². The van der Waals surface area contributed by atoms with E-state index in [-0.39, 0.29) is 34.6 Å². The SMILES string of the molecule is NC(=O)C1CCN(CC2CC(Cl)C(Cl)CC2O)CC1. The van der Waals surface area contributed by atoms with Crippen molar-refractivity contribution in [2.24, 2.45) is 17.6 Å². The average Bonchev–Trinajstić information content (AvgIpc) is 2.36. The molecule has 6 heteroatoms. The maximum Gasteiger partial charge on any atom is 0.220 e. The van der Waals surface area contributed by atoms with E-state index in [0.717, 1.165) is 38.9 Å². The predicted octanol–water partition coefficient (Wildman–Crippen LogP) is 1.17. The number of rotatable bonds is 3. The number of halogens is 2. The van der Waals surface area contributed by atoms with E-state index < -0.39 is 0 Å². The van der Waals surface area contributed by atoms with Crippen molar-refractivity contribution in [1.82, 2.24) is 4.90 Å². The second-order valence-electron chi connectivity index (χ2n) is 5.81. The second-order valence-corrected chi connectivity index (χ2v) is 6.93. The highest BCUT2D eigenvalue weighted by Crippen LogP contribution is 2.33. The highest BCUT2D eigenvalue weighted by molar-refractivity contribution is 6.30. The van der Waals surface area contributed by atoms with E-state index >= 15 is 0 Å². The van der Waals surface area contributed by atoms with Crippen LogP contribution in [-0.4, -0.2) is 52.4 Å². The van der Waals surface area contributed by atoms with E-state index in [4.69, 9.17) is 28.9 Å². The zero-order valence-electron chi connectivity index (χ0n) is 11.0. The van der Waals surface area contributed by atoms with Crippen LogP contribution >= 0.6 is 23.2 Å². The highest BCUT2D eigenvalue weighted by Gasteiger charge is 2.35. The Morgan fingerprint density at radius 2 is 1.79 bits per heavy atom. The Balaban J connectivity index is 1.80. The van der Waals surface area contributed by atoms with Crippen LogP contribution in [-0.2, 0) is 4.79 Å². The van der Waals surface area contributed by atoms with Gasteiger partial charge in [0.1, 0.15) is 0 Å². The molecule has 4 unspecified atom stereocenters. The number of nitrogens with two attached hydrogens (primary N) is 1. The molecule has 3 N–H and O–H groups in total. The topological polar surface area (TPSA) is 66.6 Å². The van der Waals surface area contributed by atoms with Crippen molar-refractivity contribution in [1.29, 1.82) is 0 Å². The minimum Gasteiger partial charge on any atom is -0.393 e. The van der Waals surface area contributed by atoms with Gasteiger partial charge in [0.15, 0.2) is 0 Å². The number of aliphatic hydroxyl groups excluding tert-OH is 1. The lowest BCUT2D eigenvalue weighted by Gasteiger charge is -2.38. The summed E-state index contributed by atoms with van der Waals surface area (Å²) in [7, 11) is 0. The maximum atomic E-state index is 11.1. The number of hydrogen-bond acceptors (Lipinski definition) is 3. The summed E-state index contributed by atoms with van der Waals surface area (Å²) in [5, 5.41) is 9.90. The first-order valence-electron chi connectivity index (χ1n) is 6.95. The van der Waals surface area contributed by atoms with Crippen molar-refractivity contribution in [3.63, 3.8) is 0 Å².